The minimum atomic E-state index is -1.68. The predicted octanol–water partition coefficient (Wildman–Crippen LogP) is 9.30. The Balaban J connectivity index is 3.33. The summed E-state index contributed by atoms with van der Waals surface area (Å²) < 4.78 is 0. The highest BCUT2D eigenvalue weighted by molar-refractivity contribution is 7.73. The van der Waals surface area contributed by atoms with E-state index in [0.29, 0.717) is 0 Å². The van der Waals surface area contributed by atoms with Crippen molar-refractivity contribution in [3.63, 3.8) is 0 Å². The summed E-state index contributed by atoms with van der Waals surface area (Å²) in [6.45, 7) is 39.0. The third-order valence-electron chi connectivity index (χ3n) is 9.87. The second-order valence-corrected chi connectivity index (χ2v) is 31.9. The van der Waals surface area contributed by atoms with Crippen molar-refractivity contribution < 1.29 is 0 Å². The predicted molar refractivity (Wildman–Crippen MR) is 191 cm³/mol. The lowest BCUT2D eigenvalue weighted by atomic mass is 10.2. The molecular formula is C33H62N2P2Si2. The first kappa shape index (κ1) is 35.1. The number of rotatable bonds is 10. The van der Waals surface area contributed by atoms with Crippen molar-refractivity contribution in [2.45, 2.75) is 156 Å². The Bertz CT molecular complexity index is 1090. The van der Waals surface area contributed by atoms with E-state index in [1.165, 1.54) is 58.2 Å². The molecule has 6 heteroatoms. The van der Waals surface area contributed by atoms with Crippen LogP contribution < -0.4 is 21.2 Å². The Morgan fingerprint density at radius 3 is 1.10 bits per heavy atom. The van der Waals surface area contributed by atoms with E-state index in [-0.39, 0.29) is 15.5 Å². The summed E-state index contributed by atoms with van der Waals surface area (Å²) in [7, 11) is -4.37. The van der Waals surface area contributed by atoms with E-state index < -0.39 is 32.0 Å². The van der Waals surface area contributed by atoms with Gasteiger partial charge >= 0.3 is 0 Å². The third-order valence-corrected chi connectivity index (χ3v) is 27.6. The van der Waals surface area contributed by atoms with Gasteiger partial charge in [-0.25, -0.2) is 9.97 Å². The standard InChI is InChI=1S/C33H62N2P2Si2/c1-17-38(18-2,19-3)25-23-24-26(39(20-4,21-5)22-6)28-27(25)34-29(36(16)31(7,8)9)30(35-28)37(32(10,11)12)33(13,14)15/h23-24H,17-22H2,1-16H3/t36-/m0/s1. The molecule has 0 amide bonds. The molecule has 1 heterocycles. The maximum Gasteiger partial charge on any atom is 0.0907 e. The molecule has 0 saturated heterocycles. The highest BCUT2D eigenvalue weighted by Gasteiger charge is 2.43. The van der Waals surface area contributed by atoms with Crippen LogP contribution in [0.4, 0.5) is 0 Å². The topological polar surface area (TPSA) is 25.8 Å². The van der Waals surface area contributed by atoms with Crippen LogP contribution in [0.1, 0.15) is 104 Å². The van der Waals surface area contributed by atoms with Gasteiger partial charge in [0.05, 0.1) is 38.1 Å². The van der Waals surface area contributed by atoms with E-state index in [0.717, 1.165) is 0 Å². The minimum absolute atomic E-state index is 0.153. The Kier molecular flexibility index (Phi) is 11.3. The van der Waals surface area contributed by atoms with Crippen LogP contribution in [0.15, 0.2) is 12.1 Å². The van der Waals surface area contributed by atoms with Crippen LogP contribution in [0.5, 0.6) is 0 Å². The molecule has 0 saturated carbocycles. The lowest BCUT2D eigenvalue weighted by Gasteiger charge is -2.43. The second kappa shape index (κ2) is 12.6. The smallest absolute Gasteiger partial charge is 0.0907 e. The molecule has 1 aromatic heterocycles. The first-order valence-corrected chi connectivity index (χ1v) is 24.1. The molecule has 1 aromatic carbocycles. The molecule has 2 aromatic rings. The van der Waals surface area contributed by atoms with Gasteiger partial charge in [-0.1, -0.05) is 160 Å². The molecule has 0 aliphatic carbocycles. The van der Waals surface area contributed by atoms with Gasteiger partial charge < -0.3 is 0 Å². The summed E-state index contributed by atoms with van der Waals surface area (Å²) in [6.07, 6.45) is 0. The molecule has 1 atom stereocenters. The third kappa shape index (κ3) is 6.76. The van der Waals surface area contributed by atoms with Crippen LogP contribution in [0.25, 0.3) is 11.0 Å². The van der Waals surface area contributed by atoms with Crippen molar-refractivity contribution in [3.05, 3.63) is 12.1 Å². The number of nitrogens with zero attached hydrogens (tertiary/aromatic N) is 2. The lowest BCUT2D eigenvalue weighted by Crippen LogP contribution is -2.52. The Hall–Kier alpha value is -0.146. The number of hydrogen-bond donors (Lipinski definition) is 0. The van der Waals surface area contributed by atoms with Crippen LogP contribution in [0.2, 0.25) is 36.3 Å². The van der Waals surface area contributed by atoms with Crippen LogP contribution in [-0.4, -0.2) is 48.2 Å². The van der Waals surface area contributed by atoms with Crippen molar-refractivity contribution >= 4 is 64.3 Å². The zero-order valence-electron chi connectivity index (χ0n) is 28.7. The number of benzene rings is 1. The Morgan fingerprint density at radius 1 is 0.538 bits per heavy atom. The van der Waals surface area contributed by atoms with E-state index >= 15 is 0 Å². The van der Waals surface area contributed by atoms with Gasteiger partial charge in [-0.2, -0.15) is 0 Å². The van der Waals surface area contributed by atoms with E-state index in [4.69, 9.17) is 9.97 Å². The van der Waals surface area contributed by atoms with Gasteiger partial charge in [-0.15, -0.1) is 0 Å². The highest BCUT2D eigenvalue weighted by atomic mass is 31.1. The summed E-state index contributed by atoms with van der Waals surface area (Å²) in [5.74, 6) is 0. The fraction of sp³-hybridized carbons (Fsp3) is 0.758. The fourth-order valence-electron chi connectivity index (χ4n) is 6.95. The van der Waals surface area contributed by atoms with Crippen molar-refractivity contribution in [1.82, 2.24) is 9.97 Å². The molecule has 0 fully saturated rings. The van der Waals surface area contributed by atoms with Crippen LogP contribution in [0.3, 0.4) is 0 Å². The van der Waals surface area contributed by atoms with Gasteiger partial charge in [-0.3, -0.25) is 0 Å². The Morgan fingerprint density at radius 2 is 0.846 bits per heavy atom. The molecule has 0 bridgehead atoms. The van der Waals surface area contributed by atoms with Crippen molar-refractivity contribution in [2.24, 2.45) is 0 Å². The lowest BCUT2D eigenvalue weighted by molar-refractivity contribution is 0.714. The number of aromatic nitrogens is 2. The van der Waals surface area contributed by atoms with Crippen LogP contribution in [-0.2, 0) is 0 Å². The summed E-state index contributed by atoms with van der Waals surface area (Å²) in [5, 5.41) is 3.67. The SMILES string of the molecule is CC[Si](CC)(CC)c1ccc([Si](CC)(CC)CC)c2nc([P@](C)C(C)(C)C)c(P(C(C)(C)C)C(C)(C)C)nc12. The largest absolute Gasteiger partial charge is 0.244 e. The Labute approximate surface area is 247 Å². The molecule has 39 heavy (non-hydrogen) atoms. The molecule has 0 radical (unpaired) electrons. The van der Waals surface area contributed by atoms with Crippen LogP contribution in [0, 0.1) is 0 Å². The fourth-order valence-corrected chi connectivity index (χ4v) is 20.2. The first-order chi connectivity index (χ1) is 17.8. The summed E-state index contributed by atoms with van der Waals surface area (Å²) in [6, 6.07) is 12.8. The molecule has 0 spiro atoms. The van der Waals surface area contributed by atoms with Gasteiger partial charge in [0.25, 0.3) is 0 Å². The molecule has 2 rings (SSSR count). The zero-order chi connectivity index (χ0) is 30.2. The number of hydrogen-bond acceptors (Lipinski definition) is 2. The summed E-state index contributed by atoms with van der Waals surface area (Å²) in [5.41, 5.74) is 5.31. The average Bonchev–Trinajstić information content (AvgIpc) is 2.84. The summed E-state index contributed by atoms with van der Waals surface area (Å²) in [4.78, 5) is 11.9. The van der Waals surface area contributed by atoms with E-state index in [1.54, 1.807) is 10.4 Å². The molecule has 2 nitrogen and oxygen atoms in total. The minimum Gasteiger partial charge on any atom is -0.244 e. The van der Waals surface area contributed by atoms with Gasteiger partial charge in [0.2, 0.25) is 0 Å². The van der Waals surface area contributed by atoms with Gasteiger partial charge in [-0.05, 0) is 40.4 Å². The van der Waals surface area contributed by atoms with Gasteiger partial charge in [0, 0.05) is 0 Å². The van der Waals surface area contributed by atoms with Crippen LogP contribution >= 0.6 is 15.8 Å². The zero-order valence-corrected chi connectivity index (χ0v) is 32.5. The molecule has 0 aliphatic heterocycles. The van der Waals surface area contributed by atoms with E-state index in [1.807, 2.05) is 0 Å². The quantitative estimate of drug-likeness (QED) is 0.199. The molecule has 0 N–H and O–H groups in total. The normalized spacial score (nSPS) is 14.9. The molecule has 0 aliphatic rings. The summed E-state index contributed by atoms with van der Waals surface area (Å²) >= 11 is 0. The highest BCUT2D eigenvalue weighted by Crippen LogP contribution is 2.59. The maximum atomic E-state index is 5.97. The second-order valence-electron chi connectivity index (χ2n) is 14.8. The molecule has 222 valence electrons. The van der Waals surface area contributed by atoms with Crippen molar-refractivity contribution in [2.75, 3.05) is 6.66 Å². The van der Waals surface area contributed by atoms with E-state index in [2.05, 4.69) is 123 Å². The number of fused-ring (bicyclic) bond motifs is 1. The van der Waals surface area contributed by atoms with Crippen molar-refractivity contribution in [3.8, 4) is 0 Å². The van der Waals surface area contributed by atoms with Gasteiger partial charge in [0.1, 0.15) is 0 Å². The monoisotopic (exact) mass is 604 g/mol. The average molecular weight is 605 g/mol. The molecular weight excluding hydrogens is 542 g/mol. The first-order valence-electron chi connectivity index (χ1n) is 15.7. The maximum absolute atomic E-state index is 5.97. The molecule has 0 unspecified atom stereocenters. The van der Waals surface area contributed by atoms with Crippen molar-refractivity contribution in [1.29, 1.82) is 0 Å². The van der Waals surface area contributed by atoms with Gasteiger partial charge in [0.15, 0.2) is 0 Å². The van der Waals surface area contributed by atoms with E-state index in [9.17, 15) is 0 Å².